The molecule has 0 N–H and O–H groups in total. The van der Waals surface area contributed by atoms with Crippen molar-refractivity contribution in [2.24, 2.45) is 0 Å². The van der Waals surface area contributed by atoms with Crippen LogP contribution < -0.4 is 20.7 Å². The zero-order chi connectivity index (χ0) is 36.8. The molecule has 0 fully saturated rings. The second-order valence-corrected chi connectivity index (χ2v) is 18.4. The van der Waals surface area contributed by atoms with E-state index in [1.54, 1.807) is 0 Å². The lowest BCUT2D eigenvalue weighted by molar-refractivity contribution is 0.672. The number of benzene rings is 7. The zero-order valence-corrected chi connectivity index (χ0v) is 31.2. The van der Waals surface area contributed by atoms with Crippen LogP contribution in [-0.4, -0.2) is 27.0 Å². The monoisotopic (exact) mass is 732 g/mol. The summed E-state index contributed by atoms with van der Waals surface area (Å²) in [6.45, 7) is 0. The number of rotatable bonds is 5. The molecule has 0 bridgehead atoms. The summed E-state index contributed by atoms with van der Waals surface area (Å²) in [5.74, 6) is 0. The van der Waals surface area contributed by atoms with Crippen molar-refractivity contribution >= 4 is 100 Å². The van der Waals surface area contributed by atoms with Crippen molar-refractivity contribution in [1.82, 2.24) is 18.9 Å². The molecule has 0 aliphatic rings. The van der Waals surface area contributed by atoms with Crippen molar-refractivity contribution < 1.29 is 4.42 Å². The van der Waals surface area contributed by atoms with Gasteiger partial charge in [0.05, 0.1) is 16.4 Å². The predicted octanol–water partition coefficient (Wildman–Crippen LogP) is 9.41. The highest BCUT2D eigenvalue weighted by Crippen LogP contribution is 2.39. The van der Waals surface area contributed by atoms with Gasteiger partial charge in [-0.1, -0.05) is 146 Å². The first-order valence-electron chi connectivity index (χ1n) is 19.0. The van der Waals surface area contributed by atoms with Crippen LogP contribution in [0.1, 0.15) is 0 Å². The van der Waals surface area contributed by atoms with Crippen LogP contribution in [0, 0.1) is 0 Å². The SMILES string of the molecule is c1ccc([Si](c2ccccc2)(c2cccc(-n3c4ccccc4c4c5oc6ccccc6c5cnc43)c2)c2ccc3c4ccccc4n4ccnc4c3c2)cc1. The van der Waals surface area contributed by atoms with E-state index >= 15 is 0 Å². The van der Waals surface area contributed by atoms with Gasteiger partial charge in [0, 0.05) is 51.2 Å². The molecule has 5 heterocycles. The first kappa shape index (κ1) is 31.1. The second-order valence-electron chi connectivity index (χ2n) is 14.6. The van der Waals surface area contributed by atoms with Gasteiger partial charge in [-0.25, -0.2) is 9.97 Å². The molecule has 0 amide bonds. The van der Waals surface area contributed by atoms with Crippen molar-refractivity contribution in [3.8, 4) is 5.69 Å². The van der Waals surface area contributed by atoms with Gasteiger partial charge in [0.15, 0.2) is 8.07 Å². The number of fused-ring (bicyclic) bond motifs is 13. The number of aromatic nitrogens is 4. The highest BCUT2D eigenvalue weighted by Gasteiger charge is 2.42. The molecule has 262 valence electrons. The quantitative estimate of drug-likeness (QED) is 0.101. The average Bonchev–Trinajstić information content (AvgIpc) is 4.00. The highest BCUT2D eigenvalue weighted by molar-refractivity contribution is 7.20. The predicted molar refractivity (Wildman–Crippen MR) is 233 cm³/mol. The van der Waals surface area contributed by atoms with Crippen LogP contribution in [0.15, 0.2) is 199 Å². The van der Waals surface area contributed by atoms with Gasteiger partial charge in [-0.2, -0.15) is 0 Å². The Labute approximate surface area is 322 Å². The molecule has 7 aromatic carbocycles. The van der Waals surface area contributed by atoms with Crippen LogP contribution in [0.25, 0.3) is 76.9 Å². The summed E-state index contributed by atoms with van der Waals surface area (Å²) < 4.78 is 11.2. The fourth-order valence-electron chi connectivity index (χ4n) is 9.40. The first-order valence-corrected chi connectivity index (χ1v) is 21.0. The molecule has 0 saturated heterocycles. The van der Waals surface area contributed by atoms with E-state index in [-0.39, 0.29) is 0 Å². The molecule has 0 saturated carbocycles. The minimum Gasteiger partial charge on any atom is -0.455 e. The maximum absolute atomic E-state index is 6.61. The van der Waals surface area contributed by atoms with Crippen molar-refractivity contribution in [3.05, 3.63) is 195 Å². The van der Waals surface area contributed by atoms with Gasteiger partial charge < -0.3 is 4.42 Å². The molecule has 5 aromatic heterocycles. The lowest BCUT2D eigenvalue weighted by Crippen LogP contribution is -2.74. The maximum atomic E-state index is 6.61. The van der Waals surface area contributed by atoms with E-state index in [4.69, 9.17) is 14.4 Å². The summed E-state index contributed by atoms with van der Waals surface area (Å²) >= 11 is 0. The molecule has 6 heteroatoms. The van der Waals surface area contributed by atoms with Gasteiger partial charge >= 0.3 is 0 Å². The van der Waals surface area contributed by atoms with Crippen LogP contribution in [0.4, 0.5) is 0 Å². The van der Waals surface area contributed by atoms with E-state index < -0.39 is 8.07 Å². The third kappa shape index (κ3) is 4.24. The Bertz CT molecular complexity index is 3450. The summed E-state index contributed by atoms with van der Waals surface area (Å²) in [6, 6.07) is 64.0. The fraction of sp³-hybridized carbons (Fsp3) is 0. The summed E-state index contributed by atoms with van der Waals surface area (Å²) in [5, 5.41) is 13.0. The van der Waals surface area contributed by atoms with E-state index in [0.717, 1.165) is 66.1 Å². The standard InChI is InChI=1S/C50H32N4OSi/c1-3-15-34(16-4-1)56(35-17-5-2-6-18-35,37-26-27-38-39-20-7-10-23-44(39)53-29-28-51-49(53)42(38)31-37)36-19-13-14-33(30-36)54-45-24-11-8-22-41(45)47-48-43(32-52-50(47)54)40-21-9-12-25-46(40)55-48/h1-32H. The van der Waals surface area contributed by atoms with Gasteiger partial charge in [0.1, 0.15) is 22.5 Å². The van der Waals surface area contributed by atoms with Crippen LogP contribution in [0.3, 0.4) is 0 Å². The third-order valence-corrected chi connectivity index (χ3v) is 16.5. The minimum absolute atomic E-state index is 0.869. The van der Waals surface area contributed by atoms with Crippen LogP contribution in [-0.2, 0) is 0 Å². The number of nitrogens with zero attached hydrogens (tertiary/aromatic N) is 4. The van der Waals surface area contributed by atoms with Gasteiger partial charge in [-0.3, -0.25) is 8.97 Å². The topological polar surface area (TPSA) is 48.3 Å². The summed E-state index contributed by atoms with van der Waals surface area (Å²) in [6.07, 6.45) is 5.96. The van der Waals surface area contributed by atoms with E-state index in [1.807, 2.05) is 24.5 Å². The normalized spacial score (nSPS) is 12.3. The third-order valence-electron chi connectivity index (χ3n) is 11.8. The van der Waals surface area contributed by atoms with Gasteiger partial charge in [-0.05, 0) is 56.5 Å². The largest absolute Gasteiger partial charge is 0.455 e. The molecule has 12 aromatic rings. The number of hydrogen-bond acceptors (Lipinski definition) is 3. The Kier molecular flexibility index (Phi) is 6.59. The van der Waals surface area contributed by atoms with E-state index in [9.17, 15) is 0 Å². The molecular weight excluding hydrogens is 701 g/mol. The summed E-state index contributed by atoms with van der Waals surface area (Å²) in [5.41, 5.74) is 6.88. The molecular formula is C50H32N4OSi. The highest BCUT2D eigenvalue weighted by atomic mass is 28.3. The lowest BCUT2D eigenvalue weighted by atomic mass is 10.1. The summed E-state index contributed by atoms with van der Waals surface area (Å²) in [7, 11) is -2.99. The zero-order valence-electron chi connectivity index (χ0n) is 30.2. The second kappa shape index (κ2) is 11.9. The Balaban J connectivity index is 1.18. The molecule has 0 spiro atoms. The van der Waals surface area contributed by atoms with Gasteiger partial charge in [0.25, 0.3) is 0 Å². The Morgan fingerprint density at radius 1 is 0.446 bits per heavy atom. The number of hydrogen-bond donors (Lipinski definition) is 0. The van der Waals surface area contributed by atoms with Crippen molar-refractivity contribution in [2.75, 3.05) is 0 Å². The van der Waals surface area contributed by atoms with Gasteiger partial charge in [0.2, 0.25) is 0 Å². The van der Waals surface area contributed by atoms with Gasteiger partial charge in [-0.15, -0.1) is 0 Å². The average molecular weight is 733 g/mol. The molecule has 0 unspecified atom stereocenters. The van der Waals surface area contributed by atoms with Crippen LogP contribution in [0.5, 0.6) is 0 Å². The van der Waals surface area contributed by atoms with Crippen molar-refractivity contribution in [2.45, 2.75) is 0 Å². The van der Waals surface area contributed by atoms with Crippen molar-refractivity contribution in [3.63, 3.8) is 0 Å². The molecule has 0 aliphatic carbocycles. The van der Waals surface area contributed by atoms with Crippen LogP contribution in [0.2, 0.25) is 0 Å². The smallest absolute Gasteiger partial charge is 0.179 e. The molecule has 0 radical (unpaired) electrons. The Hall–Kier alpha value is -7.28. The number of imidazole rings is 1. The van der Waals surface area contributed by atoms with Crippen molar-refractivity contribution in [1.29, 1.82) is 0 Å². The fourth-order valence-corrected chi connectivity index (χ4v) is 14.2. The Morgan fingerprint density at radius 3 is 1.91 bits per heavy atom. The maximum Gasteiger partial charge on any atom is 0.179 e. The number of furan rings is 1. The van der Waals surface area contributed by atoms with E-state index in [2.05, 4.69) is 179 Å². The number of para-hydroxylation sites is 3. The lowest BCUT2D eigenvalue weighted by Gasteiger charge is -2.35. The molecule has 56 heavy (non-hydrogen) atoms. The first-order chi connectivity index (χ1) is 27.8. The summed E-state index contributed by atoms with van der Waals surface area (Å²) in [4.78, 5) is 10.1. The molecule has 0 atom stereocenters. The Morgan fingerprint density at radius 2 is 1.11 bits per heavy atom. The molecule has 0 aliphatic heterocycles. The molecule has 12 rings (SSSR count). The van der Waals surface area contributed by atoms with E-state index in [0.29, 0.717) is 0 Å². The van der Waals surface area contributed by atoms with Crippen LogP contribution >= 0.6 is 0 Å². The minimum atomic E-state index is -2.99. The number of pyridine rings is 2. The molecule has 5 nitrogen and oxygen atoms in total. The van der Waals surface area contributed by atoms with E-state index in [1.165, 1.54) is 31.5 Å².